The van der Waals surface area contributed by atoms with Gasteiger partial charge >= 0.3 is 0 Å². The van der Waals surface area contributed by atoms with E-state index in [4.69, 9.17) is 0 Å². The topological polar surface area (TPSA) is 48.0 Å². The smallest absolute Gasteiger partial charge is 0.159 e. The summed E-state index contributed by atoms with van der Waals surface area (Å²) in [4.78, 5) is 16.8. The van der Waals surface area contributed by atoms with Gasteiger partial charge in [0.1, 0.15) is 11.6 Å². The Morgan fingerprint density at radius 1 is 1.00 bits per heavy atom. The molecular weight excluding hydrogens is 348 g/mol. The van der Waals surface area contributed by atoms with Gasteiger partial charge in [-0.05, 0) is 36.9 Å². The molecule has 27 heavy (non-hydrogen) atoms. The maximum atomic E-state index is 13.5. The van der Waals surface area contributed by atoms with E-state index in [1.54, 1.807) is 12.4 Å². The number of benzene rings is 1. The second-order valence-corrected chi connectivity index (χ2v) is 6.59. The zero-order valence-corrected chi connectivity index (χ0v) is 15.1. The fourth-order valence-corrected chi connectivity index (χ4v) is 3.30. The quantitative estimate of drug-likeness (QED) is 0.764. The number of hydrogen-bond acceptors (Lipinski definition) is 4. The van der Waals surface area contributed by atoms with E-state index in [1.807, 2.05) is 12.1 Å². The Balaban J connectivity index is 1.56. The van der Waals surface area contributed by atoms with Crippen LogP contribution in [0.5, 0.6) is 0 Å². The normalized spacial score (nSPS) is 15.3. The summed E-state index contributed by atoms with van der Waals surface area (Å²) in [7, 11) is 0. The molecule has 0 unspecified atom stereocenters. The van der Waals surface area contributed by atoms with Crippen LogP contribution >= 0.6 is 0 Å². The van der Waals surface area contributed by atoms with E-state index in [2.05, 4.69) is 31.7 Å². The van der Waals surface area contributed by atoms with Gasteiger partial charge in [0.25, 0.3) is 0 Å². The van der Waals surface area contributed by atoms with Gasteiger partial charge in [0.15, 0.2) is 11.6 Å². The van der Waals surface area contributed by atoms with Crippen molar-refractivity contribution in [1.29, 1.82) is 0 Å². The number of halogens is 2. The minimum absolute atomic E-state index is 0.529. The van der Waals surface area contributed by atoms with Crippen LogP contribution in [0, 0.1) is 11.6 Å². The Labute approximate surface area is 156 Å². The third-order valence-corrected chi connectivity index (χ3v) is 4.96. The summed E-state index contributed by atoms with van der Waals surface area (Å²) in [5, 5.41) is 0. The molecule has 0 bridgehead atoms. The molecule has 7 heteroatoms. The van der Waals surface area contributed by atoms with E-state index in [0.29, 0.717) is 17.1 Å². The molecule has 4 rings (SSSR count). The number of aromatic amines is 1. The van der Waals surface area contributed by atoms with Gasteiger partial charge in [0.2, 0.25) is 0 Å². The van der Waals surface area contributed by atoms with Gasteiger partial charge in [-0.2, -0.15) is 0 Å². The van der Waals surface area contributed by atoms with E-state index in [1.165, 1.54) is 6.07 Å². The number of hydrogen-bond donors (Lipinski definition) is 1. The summed E-state index contributed by atoms with van der Waals surface area (Å²) in [5.41, 5.74) is 2.01. The van der Waals surface area contributed by atoms with Crippen molar-refractivity contribution in [3.8, 4) is 22.6 Å². The summed E-state index contributed by atoms with van der Waals surface area (Å²) >= 11 is 0. The molecule has 1 saturated heterocycles. The Kier molecular flexibility index (Phi) is 4.85. The van der Waals surface area contributed by atoms with Gasteiger partial charge < -0.3 is 14.8 Å². The largest absolute Gasteiger partial charge is 0.354 e. The lowest BCUT2D eigenvalue weighted by Crippen LogP contribution is -2.46. The minimum Gasteiger partial charge on any atom is -0.354 e. The first-order valence-electron chi connectivity index (χ1n) is 9.08. The molecule has 1 N–H and O–H groups in total. The highest BCUT2D eigenvalue weighted by Gasteiger charge is 2.17. The maximum absolute atomic E-state index is 13.5. The Bertz CT molecular complexity index is 932. The van der Waals surface area contributed by atoms with Crippen LogP contribution < -0.4 is 4.90 Å². The van der Waals surface area contributed by atoms with E-state index < -0.39 is 11.6 Å². The molecule has 2 aromatic heterocycles. The highest BCUT2D eigenvalue weighted by atomic mass is 19.2. The SMILES string of the molecule is CCN1CCN(c2cc(-c3nc(-c4ccc(F)c(F)c4)c[nH]3)ccn2)CC1. The van der Waals surface area contributed by atoms with Crippen molar-refractivity contribution < 1.29 is 8.78 Å². The molecule has 0 aliphatic carbocycles. The maximum Gasteiger partial charge on any atom is 0.159 e. The van der Waals surface area contributed by atoms with Gasteiger partial charge in [0.05, 0.1) is 5.69 Å². The number of nitrogens with one attached hydrogen (secondary N) is 1. The van der Waals surface area contributed by atoms with Crippen molar-refractivity contribution >= 4 is 5.82 Å². The molecule has 0 spiro atoms. The zero-order valence-electron chi connectivity index (χ0n) is 15.1. The van der Waals surface area contributed by atoms with Crippen molar-refractivity contribution in [2.75, 3.05) is 37.6 Å². The van der Waals surface area contributed by atoms with Gasteiger partial charge in [0, 0.05) is 49.7 Å². The molecule has 0 radical (unpaired) electrons. The fourth-order valence-electron chi connectivity index (χ4n) is 3.30. The van der Waals surface area contributed by atoms with Gasteiger partial charge in [-0.25, -0.2) is 18.7 Å². The zero-order chi connectivity index (χ0) is 18.8. The predicted molar refractivity (Wildman–Crippen MR) is 101 cm³/mol. The highest BCUT2D eigenvalue weighted by molar-refractivity contribution is 5.66. The number of H-pyrrole nitrogens is 1. The summed E-state index contributed by atoms with van der Waals surface area (Å²) in [6.07, 6.45) is 3.47. The first-order chi connectivity index (χ1) is 13.1. The summed E-state index contributed by atoms with van der Waals surface area (Å²) in [5.74, 6) is -0.148. The van der Waals surface area contributed by atoms with Crippen LogP contribution in [0.4, 0.5) is 14.6 Å². The minimum atomic E-state index is -0.880. The third-order valence-electron chi connectivity index (χ3n) is 4.96. The van der Waals surface area contributed by atoms with Crippen molar-refractivity contribution in [1.82, 2.24) is 19.9 Å². The molecule has 3 aromatic rings. The number of imidazole rings is 1. The van der Waals surface area contributed by atoms with Crippen LogP contribution in [0.25, 0.3) is 22.6 Å². The second kappa shape index (κ2) is 7.44. The standard InChI is InChI=1S/C20H21F2N5/c1-2-26-7-9-27(10-8-26)19-12-15(5-6-23-19)20-24-13-18(25-20)14-3-4-16(21)17(22)11-14/h3-6,11-13H,2,7-10H2,1H3,(H,24,25). The van der Waals surface area contributed by atoms with Gasteiger partial charge in [-0.3, -0.25) is 0 Å². The average molecular weight is 369 g/mol. The predicted octanol–water partition coefficient (Wildman–Crippen LogP) is 3.56. The van der Waals surface area contributed by atoms with E-state index >= 15 is 0 Å². The lowest BCUT2D eigenvalue weighted by atomic mass is 10.1. The third kappa shape index (κ3) is 3.68. The summed E-state index contributed by atoms with van der Waals surface area (Å²) < 4.78 is 26.6. The van der Waals surface area contributed by atoms with E-state index in [9.17, 15) is 8.78 Å². The highest BCUT2D eigenvalue weighted by Crippen LogP contribution is 2.25. The fraction of sp³-hybridized carbons (Fsp3) is 0.300. The molecule has 0 saturated carbocycles. The summed E-state index contributed by atoms with van der Waals surface area (Å²) in [6.45, 7) is 7.20. The van der Waals surface area contributed by atoms with Crippen molar-refractivity contribution in [2.24, 2.45) is 0 Å². The molecule has 0 atom stereocenters. The Morgan fingerprint density at radius 2 is 1.81 bits per heavy atom. The number of likely N-dealkylation sites (N-methyl/N-ethyl adjacent to an activating group) is 1. The molecule has 1 aliphatic rings. The lowest BCUT2D eigenvalue weighted by molar-refractivity contribution is 0.270. The Morgan fingerprint density at radius 3 is 2.56 bits per heavy atom. The number of pyridine rings is 1. The number of piperazine rings is 1. The van der Waals surface area contributed by atoms with Crippen LogP contribution in [0.2, 0.25) is 0 Å². The molecule has 3 heterocycles. The molecule has 1 fully saturated rings. The van der Waals surface area contributed by atoms with Crippen LogP contribution in [0.15, 0.2) is 42.7 Å². The first kappa shape index (κ1) is 17.6. The molecule has 1 aromatic carbocycles. The average Bonchev–Trinajstić information content (AvgIpc) is 3.20. The second-order valence-electron chi connectivity index (χ2n) is 6.59. The molecule has 5 nitrogen and oxygen atoms in total. The monoisotopic (exact) mass is 369 g/mol. The lowest BCUT2D eigenvalue weighted by Gasteiger charge is -2.34. The van der Waals surface area contributed by atoms with Crippen molar-refractivity contribution in [2.45, 2.75) is 6.92 Å². The molecular formula is C20H21F2N5. The number of rotatable bonds is 4. The number of anilines is 1. The Hall–Kier alpha value is -2.80. The molecule has 140 valence electrons. The van der Waals surface area contributed by atoms with Crippen LogP contribution in [0.3, 0.4) is 0 Å². The van der Waals surface area contributed by atoms with E-state index in [0.717, 1.165) is 56.2 Å². The molecule has 1 aliphatic heterocycles. The van der Waals surface area contributed by atoms with Crippen molar-refractivity contribution in [3.05, 3.63) is 54.4 Å². The first-order valence-corrected chi connectivity index (χ1v) is 9.08. The summed E-state index contributed by atoms with van der Waals surface area (Å²) in [6, 6.07) is 7.68. The number of nitrogens with zero attached hydrogens (tertiary/aromatic N) is 4. The van der Waals surface area contributed by atoms with Crippen LogP contribution in [-0.4, -0.2) is 52.6 Å². The van der Waals surface area contributed by atoms with Crippen molar-refractivity contribution in [3.63, 3.8) is 0 Å². The van der Waals surface area contributed by atoms with Gasteiger partial charge in [-0.1, -0.05) is 6.92 Å². The van der Waals surface area contributed by atoms with E-state index in [-0.39, 0.29) is 0 Å². The van der Waals surface area contributed by atoms with Crippen LogP contribution in [-0.2, 0) is 0 Å². The van der Waals surface area contributed by atoms with Crippen LogP contribution in [0.1, 0.15) is 6.92 Å². The number of aromatic nitrogens is 3. The van der Waals surface area contributed by atoms with Gasteiger partial charge in [-0.15, -0.1) is 0 Å². The molecule has 0 amide bonds.